The normalized spacial score (nSPS) is 12.5. The Morgan fingerprint density at radius 1 is 0.968 bits per heavy atom. The van der Waals surface area contributed by atoms with Crippen LogP contribution in [0.2, 0.25) is 0 Å². The number of aryl methyl sites for hydroxylation is 1. The molecule has 3 aromatic carbocycles. The Hall–Kier alpha value is -3.70. The average molecular weight is 422 g/mol. The van der Waals surface area contributed by atoms with Gasteiger partial charge in [0.1, 0.15) is 0 Å². The highest BCUT2D eigenvalue weighted by Gasteiger charge is 2.12. The zero-order valence-electron chi connectivity index (χ0n) is 16.9. The second-order valence-corrected chi connectivity index (χ2v) is 8.86. The molecule has 3 heterocycles. The third-order valence-electron chi connectivity index (χ3n) is 5.69. The second kappa shape index (κ2) is 6.93. The van der Waals surface area contributed by atoms with E-state index in [-0.39, 0.29) is 5.56 Å². The second-order valence-electron chi connectivity index (χ2n) is 7.85. The summed E-state index contributed by atoms with van der Waals surface area (Å²) < 4.78 is 4.68. The smallest absolute Gasteiger partial charge is 0.274 e. The highest BCUT2D eigenvalue weighted by Crippen LogP contribution is 2.24. The lowest BCUT2D eigenvalue weighted by Crippen LogP contribution is -2.22. The molecule has 0 radical (unpaired) electrons. The van der Waals surface area contributed by atoms with E-state index in [0.29, 0.717) is 4.53 Å². The number of hydrogen-bond acceptors (Lipinski definition) is 3. The molecule has 0 bridgehead atoms. The highest BCUT2D eigenvalue weighted by molar-refractivity contribution is 7.15. The molecule has 4 nitrogen and oxygen atoms in total. The van der Waals surface area contributed by atoms with E-state index in [1.165, 1.54) is 22.5 Å². The molecular formula is C26H19N3OS. The zero-order valence-corrected chi connectivity index (χ0v) is 17.8. The summed E-state index contributed by atoms with van der Waals surface area (Å²) in [6.07, 6.45) is 4.15. The minimum atomic E-state index is -0.00999. The van der Waals surface area contributed by atoms with E-state index in [9.17, 15) is 4.79 Å². The van der Waals surface area contributed by atoms with Crippen LogP contribution in [0.1, 0.15) is 16.7 Å². The molecule has 6 rings (SSSR count). The van der Waals surface area contributed by atoms with E-state index >= 15 is 0 Å². The van der Waals surface area contributed by atoms with Gasteiger partial charge in [-0.25, -0.2) is 9.38 Å². The first kappa shape index (κ1) is 18.1. The summed E-state index contributed by atoms with van der Waals surface area (Å²) >= 11 is 1.44. The van der Waals surface area contributed by atoms with E-state index < -0.39 is 0 Å². The zero-order chi connectivity index (χ0) is 20.9. The van der Waals surface area contributed by atoms with E-state index in [2.05, 4.69) is 65.1 Å². The van der Waals surface area contributed by atoms with Crippen LogP contribution in [-0.4, -0.2) is 14.0 Å². The summed E-state index contributed by atoms with van der Waals surface area (Å²) in [6.45, 7) is 2.90. The Kier molecular flexibility index (Phi) is 4.04. The molecule has 5 heteroatoms. The largest absolute Gasteiger partial charge is 0.342 e. The quantitative estimate of drug-likeness (QED) is 0.413. The molecule has 31 heavy (non-hydrogen) atoms. The van der Waals surface area contributed by atoms with Gasteiger partial charge < -0.3 is 4.57 Å². The Morgan fingerprint density at radius 3 is 2.65 bits per heavy atom. The van der Waals surface area contributed by atoms with Gasteiger partial charge >= 0.3 is 0 Å². The van der Waals surface area contributed by atoms with Crippen LogP contribution in [0.15, 0.2) is 83.8 Å². The fourth-order valence-corrected chi connectivity index (χ4v) is 5.26. The van der Waals surface area contributed by atoms with E-state index in [1.54, 1.807) is 4.40 Å². The van der Waals surface area contributed by atoms with Gasteiger partial charge in [-0.05, 0) is 36.8 Å². The van der Waals surface area contributed by atoms with Crippen LogP contribution in [-0.2, 0) is 6.54 Å². The number of hydrogen-bond donors (Lipinski definition) is 0. The molecule has 0 amide bonds. The van der Waals surface area contributed by atoms with E-state index in [1.807, 2.05) is 36.4 Å². The van der Waals surface area contributed by atoms with E-state index in [4.69, 9.17) is 0 Å². The summed E-state index contributed by atoms with van der Waals surface area (Å²) in [4.78, 5) is 18.5. The number of imidazole rings is 1. The van der Waals surface area contributed by atoms with Crippen molar-refractivity contribution in [2.45, 2.75) is 13.5 Å². The first-order valence-electron chi connectivity index (χ1n) is 10.2. The van der Waals surface area contributed by atoms with Crippen LogP contribution >= 0.6 is 11.3 Å². The first-order valence-corrected chi connectivity index (χ1v) is 11.0. The van der Waals surface area contributed by atoms with Crippen molar-refractivity contribution in [3.63, 3.8) is 0 Å². The van der Waals surface area contributed by atoms with Gasteiger partial charge in [-0.15, -0.1) is 0 Å². The van der Waals surface area contributed by atoms with Gasteiger partial charge in [0.2, 0.25) is 0 Å². The van der Waals surface area contributed by atoms with Crippen LogP contribution < -0.4 is 10.1 Å². The number of nitrogens with zero attached hydrogens (tertiary/aromatic N) is 3. The fraction of sp³-hybridized carbons (Fsp3) is 0.0769. The first-order chi connectivity index (χ1) is 15.2. The van der Waals surface area contributed by atoms with Crippen molar-refractivity contribution in [1.82, 2.24) is 14.0 Å². The van der Waals surface area contributed by atoms with Crippen LogP contribution in [0.3, 0.4) is 0 Å². The predicted octanol–water partition coefficient (Wildman–Crippen LogP) is 4.77. The van der Waals surface area contributed by atoms with Gasteiger partial charge in [0.15, 0.2) is 4.96 Å². The molecule has 0 N–H and O–H groups in total. The van der Waals surface area contributed by atoms with E-state index in [0.717, 1.165) is 39.0 Å². The minimum absolute atomic E-state index is 0.00999. The summed E-state index contributed by atoms with van der Waals surface area (Å²) in [5, 5.41) is 1.14. The maximum absolute atomic E-state index is 13.2. The average Bonchev–Trinajstić information content (AvgIpc) is 3.40. The van der Waals surface area contributed by atoms with Crippen molar-refractivity contribution < 1.29 is 0 Å². The lowest BCUT2D eigenvalue weighted by Gasteiger charge is -2.06. The van der Waals surface area contributed by atoms with Crippen LogP contribution in [0, 0.1) is 6.92 Å². The molecule has 0 aliphatic rings. The summed E-state index contributed by atoms with van der Waals surface area (Å²) in [5.74, 6) is 0. The van der Waals surface area contributed by atoms with Crippen molar-refractivity contribution in [2.24, 2.45) is 0 Å². The molecule has 0 saturated heterocycles. The van der Waals surface area contributed by atoms with Crippen molar-refractivity contribution in [2.75, 3.05) is 0 Å². The van der Waals surface area contributed by atoms with Crippen molar-refractivity contribution >= 4 is 44.3 Å². The van der Waals surface area contributed by atoms with Crippen LogP contribution in [0.4, 0.5) is 0 Å². The Bertz CT molecular complexity index is 1700. The predicted molar refractivity (Wildman–Crippen MR) is 128 cm³/mol. The van der Waals surface area contributed by atoms with Gasteiger partial charge in [-0.2, -0.15) is 0 Å². The summed E-state index contributed by atoms with van der Waals surface area (Å²) in [7, 11) is 0. The molecule has 0 atom stereocenters. The molecule has 0 fully saturated rings. The molecule has 0 aliphatic carbocycles. The molecule has 0 saturated carbocycles. The molecule has 150 valence electrons. The van der Waals surface area contributed by atoms with Gasteiger partial charge in [0, 0.05) is 29.2 Å². The third-order valence-corrected chi connectivity index (χ3v) is 6.66. The fourth-order valence-electron chi connectivity index (χ4n) is 4.28. The number of thiazole rings is 1. The molecule has 6 aromatic rings. The lowest BCUT2D eigenvalue weighted by molar-refractivity contribution is 0.835. The maximum atomic E-state index is 13.2. The topological polar surface area (TPSA) is 39.3 Å². The molecule has 3 aromatic heterocycles. The summed E-state index contributed by atoms with van der Waals surface area (Å²) in [6, 6.07) is 24.7. The SMILES string of the molecule is Cc1cccc(Cn2cc(C=c3sc4nc5ccccc5n4c3=O)c3ccccc32)c1. The van der Waals surface area contributed by atoms with Gasteiger partial charge in [-0.1, -0.05) is 71.5 Å². The van der Waals surface area contributed by atoms with Crippen LogP contribution in [0.25, 0.3) is 33.0 Å². The standard InChI is InChI=1S/C26H19N3OS/c1-17-7-6-8-18(13-17)15-28-16-19(20-9-2-4-11-22(20)28)14-24-25(30)29-23-12-5-3-10-21(23)27-26(29)31-24/h2-14,16H,15H2,1H3. The number of fused-ring (bicyclic) bond motifs is 4. The Labute approximate surface area is 182 Å². The van der Waals surface area contributed by atoms with Crippen LogP contribution in [0.5, 0.6) is 0 Å². The monoisotopic (exact) mass is 421 g/mol. The summed E-state index contributed by atoms with van der Waals surface area (Å²) in [5.41, 5.74) is 6.43. The highest BCUT2D eigenvalue weighted by atomic mass is 32.1. The van der Waals surface area contributed by atoms with Gasteiger partial charge in [0.05, 0.1) is 15.6 Å². The van der Waals surface area contributed by atoms with Gasteiger partial charge in [-0.3, -0.25) is 4.79 Å². The third kappa shape index (κ3) is 2.97. The number of aromatic nitrogens is 3. The Morgan fingerprint density at radius 2 is 1.77 bits per heavy atom. The molecule has 0 spiro atoms. The molecule has 0 unspecified atom stereocenters. The number of para-hydroxylation sites is 3. The molecule has 0 aliphatic heterocycles. The lowest BCUT2D eigenvalue weighted by atomic mass is 10.1. The van der Waals surface area contributed by atoms with Crippen molar-refractivity contribution in [3.8, 4) is 0 Å². The van der Waals surface area contributed by atoms with Gasteiger partial charge in [0.25, 0.3) is 5.56 Å². The minimum Gasteiger partial charge on any atom is -0.342 e. The number of benzene rings is 3. The van der Waals surface area contributed by atoms with Crippen molar-refractivity contribution in [3.05, 3.63) is 111 Å². The molecular weight excluding hydrogens is 402 g/mol. The Balaban J connectivity index is 1.53. The maximum Gasteiger partial charge on any atom is 0.274 e. The number of rotatable bonds is 3. The van der Waals surface area contributed by atoms with Crippen molar-refractivity contribution in [1.29, 1.82) is 0 Å².